The van der Waals surface area contributed by atoms with Crippen LogP contribution in [0.25, 0.3) is 0 Å². The number of aromatic hydroxyl groups is 1. The molecule has 0 unspecified atom stereocenters. The van der Waals surface area contributed by atoms with E-state index in [9.17, 15) is 14.4 Å². The van der Waals surface area contributed by atoms with E-state index in [0.29, 0.717) is 0 Å². The summed E-state index contributed by atoms with van der Waals surface area (Å²) in [6.45, 7) is -0.625. The molecule has 0 aliphatic heterocycles. The van der Waals surface area contributed by atoms with E-state index < -0.39 is 24.5 Å². The molecule has 0 amide bonds. The molecule has 7 heteroatoms. The Bertz CT molecular complexity index is 533. The van der Waals surface area contributed by atoms with Gasteiger partial charge in [0, 0.05) is 18.2 Å². The van der Waals surface area contributed by atoms with Gasteiger partial charge in [0.25, 0.3) is 0 Å². The summed E-state index contributed by atoms with van der Waals surface area (Å²) in [5.74, 6) is -2.37. The molecule has 0 aromatic heterocycles. The van der Waals surface area contributed by atoms with Gasteiger partial charge in [0.15, 0.2) is 6.61 Å². The van der Waals surface area contributed by atoms with Gasteiger partial charge in [-0.1, -0.05) is 6.07 Å². The maximum absolute atomic E-state index is 11.3. The van der Waals surface area contributed by atoms with Crippen molar-refractivity contribution < 1.29 is 33.7 Å². The van der Waals surface area contributed by atoms with Gasteiger partial charge in [-0.3, -0.25) is 0 Å². The normalized spacial score (nSPS) is 10.1. The number of benzene rings is 1. The molecule has 0 fully saturated rings. The molecule has 0 aliphatic carbocycles. The lowest BCUT2D eigenvalue weighted by molar-refractivity contribution is -0.150. The van der Waals surface area contributed by atoms with Crippen LogP contribution in [0, 0.1) is 0 Å². The van der Waals surface area contributed by atoms with Crippen LogP contribution < -0.4 is 4.74 Å². The van der Waals surface area contributed by atoms with E-state index in [1.165, 1.54) is 24.3 Å². The standard InChI is InChI=1S/C13H12O7/c1-18-11(15)5-6-12(16)19-8-13(17)20-10-4-2-3-9(14)7-10/h2-7,14H,8H2,1H3/b6-5-. The van der Waals surface area contributed by atoms with Gasteiger partial charge in [0.05, 0.1) is 7.11 Å². The first-order valence-corrected chi connectivity index (χ1v) is 5.44. The topological polar surface area (TPSA) is 99.1 Å². The number of ether oxygens (including phenoxy) is 3. The highest BCUT2D eigenvalue weighted by molar-refractivity contribution is 5.92. The van der Waals surface area contributed by atoms with E-state index in [2.05, 4.69) is 9.47 Å². The van der Waals surface area contributed by atoms with Gasteiger partial charge in [-0.2, -0.15) is 0 Å². The summed E-state index contributed by atoms with van der Waals surface area (Å²) in [7, 11) is 1.16. The number of phenols is 1. The molecule has 1 aromatic rings. The lowest BCUT2D eigenvalue weighted by Crippen LogP contribution is -2.18. The fourth-order valence-electron chi connectivity index (χ4n) is 1.09. The number of methoxy groups -OCH3 is 1. The monoisotopic (exact) mass is 280 g/mol. The number of phenolic OH excluding ortho intramolecular Hbond substituents is 1. The van der Waals surface area contributed by atoms with Crippen molar-refractivity contribution in [2.75, 3.05) is 13.7 Å². The minimum Gasteiger partial charge on any atom is -0.508 e. The molecule has 0 atom stereocenters. The van der Waals surface area contributed by atoms with Crippen molar-refractivity contribution >= 4 is 17.9 Å². The van der Waals surface area contributed by atoms with Crippen LogP contribution in [0.2, 0.25) is 0 Å². The summed E-state index contributed by atoms with van der Waals surface area (Å²) in [6, 6.07) is 5.59. The van der Waals surface area contributed by atoms with E-state index in [1.807, 2.05) is 0 Å². The van der Waals surface area contributed by atoms with Gasteiger partial charge >= 0.3 is 17.9 Å². The van der Waals surface area contributed by atoms with Crippen molar-refractivity contribution in [3.8, 4) is 11.5 Å². The molecule has 106 valence electrons. The lowest BCUT2D eigenvalue weighted by atomic mass is 10.3. The Hall–Kier alpha value is -2.83. The molecule has 1 aromatic carbocycles. The molecule has 0 saturated heterocycles. The average molecular weight is 280 g/mol. The van der Waals surface area contributed by atoms with Crippen molar-refractivity contribution in [3.63, 3.8) is 0 Å². The predicted molar refractivity (Wildman–Crippen MR) is 65.9 cm³/mol. The van der Waals surface area contributed by atoms with Gasteiger partial charge in [-0.25, -0.2) is 14.4 Å². The number of carbonyl (C=O) groups excluding carboxylic acids is 3. The zero-order chi connectivity index (χ0) is 15.0. The first-order chi connectivity index (χ1) is 9.51. The van der Waals surface area contributed by atoms with Crippen molar-refractivity contribution in [3.05, 3.63) is 36.4 Å². The zero-order valence-corrected chi connectivity index (χ0v) is 10.6. The second-order valence-electron chi connectivity index (χ2n) is 3.44. The van der Waals surface area contributed by atoms with Gasteiger partial charge in [-0.15, -0.1) is 0 Å². The maximum atomic E-state index is 11.3. The molecule has 0 heterocycles. The van der Waals surface area contributed by atoms with Crippen LogP contribution >= 0.6 is 0 Å². The Morgan fingerprint density at radius 2 is 1.90 bits per heavy atom. The molecule has 0 saturated carbocycles. The fourth-order valence-corrected chi connectivity index (χ4v) is 1.09. The number of esters is 3. The second-order valence-corrected chi connectivity index (χ2v) is 3.44. The third-order valence-corrected chi connectivity index (χ3v) is 1.94. The number of hydrogen-bond acceptors (Lipinski definition) is 7. The Kier molecular flexibility index (Phi) is 5.76. The summed E-state index contributed by atoms with van der Waals surface area (Å²) < 4.78 is 13.6. The molecule has 1 rings (SSSR count). The average Bonchev–Trinajstić information content (AvgIpc) is 2.42. The molecule has 20 heavy (non-hydrogen) atoms. The van der Waals surface area contributed by atoms with E-state index in [-0.39, 0.29) is 11.5 Å². The Morgan fingerprint density at radius 1 is 1.20 bits per heavy atom. The van der Waals surface area contributed by atoms with Gasteiger partial charge in [0.2, 0.25) is 0 Å². The van der Waals surface area contributed by atoms with Gasteiger partial charge in [-0.05, 0) is 12.1 Å². The molecule has 0 aliphatic rings. The highest BCUT2D eigenvalue weighted by Crippen LogP contribution is 2.17. The van der Waals surface area contributed by atoms with E-state index in [1.54, 1.807) is 0 Å². The van der Waals surface area contributed by atoms with Crippen LogP contribution in [0.3, 0.4) is 0 Å². The highest BCUT2D eigenvalue weighted by atomic mass is 16.6. The van der Waals surface area contributed by atoms with Crippen molar-refractivity contribution in [1.82, 2.24) is 0 Å². The predicted octanol–water partition coefficient (Wildman–Crippen LogP) is 0.570. The largest absolute Gasteiger partial charge is 0.508 e. The van der Waals surface area contributed by atoms with Crippen LogP contribution in [0.4, 0.5) is 0 Å². The third-order valence-electron chi connectivity index (χ3n) is 1.94. The zero-order valence-electron chi connectivity index (χ0n) is 10.6. The van der Waals surface area contributed by atoms with Crippen LogP contribution in [0.5, 0.6) is 11.5 Å². The fraction of sp³-hybridized carbons (Fsp3) is 0.154. The summed E-state index contributed by atoms with van der Waals surface area (Å²) in [4.78, 5) is 33.1. The SMILES string of the molecule is COC(=O)/C=C\C(=O)OCC(=O)Oc1cccc(O)c1. The van der Waals surface area contributed by atoms with Crippen molar-refractivity contribution in [1.29, 1.82) is 0 Å². The smallest absolute Gasteiger partial charge is 0.349 e. The number of rotatable bonds is 5. The van der Waals surface area contributed by atoms with Crippen LogP contribution in [0.15, 0.2) is 36.4 Å². The van der Waals surface area contributed by atoms with Crippen LogP contribution in [-0.4, -0.2) is 36.7 Å². The molecule has 1 N–H and O–H groups in total. The summed E-state index contributed by atoms with van der Waals surface area (Å²) in [6.07, 6.45) is 1.69. The minimum atomic E-state index is -0.886. The lowest BCUT2D eigenvalue weighted by Gasteiger charge is -2.04. The Labute approximate surface area is 114 Å². The van der Waals surface area contributed by atoms with E-state index in [4.69, 9.17) is 9.84 Å². The molecular weight excluding hydrogens is 268 g/mol. The Balaban J connectivity index is 2.38. The Morgan fingerprint density at radius 3 is 2.55 bits per heavy atom. The van der Waals surface area contributed by atoms with Gasteiger partial charge in [0.1, 0.15) is 11.5 Å². The molecule has 0 spiro atoms. The second kappa shape index (κ2) is 7.57. The first-order valence-electron chi connectivity index (χ1n) is 5.44. The first kappa shape index (κ1) is 15.2. The summed E-state index contributed by atoms with van der Waals surface area (Å²) in [5, 5.41) is 9.16. The van der Waals surface area contributed by atoms with E-state index >= 15 is 0 Å². The number of carbonyl (C=O) groups is 3. The molecule has 0 radical (unpaired) electrons. The molecule has 7 nitrogen and oxygen atoms in total. The maximum Gasteiger partial charge on any atom is 0.349 e. The minimum absolute atomic E-state index is 0.0618. The van der Waals surface area contributed by atoms with Crippen LogP contribution in [-0.2, 0) is 23.9 Å². The quantitative estimate of drug-likeness (QED) is 0.478. The van der Waals surface area contributed by atoms with Crippen molar-refractivity contribution in [2.24, 2.45) is 0 Å². The van der Waals surface area contributed by atoms with Gasteiger partial charge < -0.3 is 19.3 Å². The molecule has 0 bridgehead atoms. The molecular formula is C13H12O7. The third kappa shape index (κ3) is 5.67. The van der Waals surface area contributed by atoms with Crippen molar-refractivity contribution in [2.45, 2.75) is 0 Å². The summed E-state index contributed by atoms with van der Waals surface area (Å²) in [5.41, 5.74) is 0. The highest BCUT2D eigenvalue weighted by Gasteiger charge is 2.08. The van der Waals surface area contributed by atoms with E-state index in [0.717, 1.165) is 19.3 Å². The summed E-state index contributed by atoms with van der Waals surface area (Å²) >= 11 is 0. The van der Waals surface area contributed by atoms with Crippen LogP contribution in [0.1, 0.15) is 0 Å². The number of hydrogen-bond donors (Lipinski definition) is 1.